The fraction of sp³-hybridized carbons (Fsp3) is 0.545. The Morgan fingerprint density at radius 3 is 2.71 bits per heavy atom. The first-order valence-corrected chi connectivity index (χ1v) is 10.9. The predicted octanol–water partition coefficient (Wildman–Crippen LogP) is 2.49. The molecule has 1 amide bonds. The van der Waals surface area contributed by atoms with Crippen LogP contribution in [0.15, 0.2) is 33.8 Å². The van der Waals surface area contributed by atoms with Gasteiger partial charge in [-0.15, -0.1) is 0 Å². The summed E-state index contributed by atoms with van der Waals surface area (Å²) in [4.78, 5) is 23.5. The molecule has 2 fully saturated rings. The number of rotatable bonds is 5. The van der Waals surface area contributed by atoms with Crippen LogP contribution >= 0.6 is 0 Å². The molecule has 3 aliphatic heterocycles. The Labute approximate surface area is 179 Å². The molecule has 0 aliphatic carbocycles. The first-order valence-electron chi connectivity index (χ1n) is 10.9. The number of benzene rings is 1. The summed E-state index contributed by atoms with van der Waals surface area (Å²) < 4.78 is 24.8. The molecule has 1 N–H and O–H groups in total. The third-order valence-electron chi connectivity index (χ3n) is 6.31. The van der Waals surface area contributed by atoms with Crippen molar-refractivity contribution in [2.75, 3.05) is 26.3 Å². The summed E-state index contributed by atoms with van der Waals surface area (Å²) in [6.45, 7) is 2.57. The number of ether oxygens (including phenoxy) is 1. The highest BCUT2D eigenvalue weighted by Gasteiger charge is 2.32. The minimum atomic E-state index is -0.480. The molecule has 5 rings (SSSR count). The van der Waals surface area contributed by atoms with Crippen LogP contribution in [0, 0.1) is 5.82 Å². The van der Waals surface area contributed by atoms with Gasteiger partial charge in [0.05, 0.1) is 24.8 Å². The zero-order valence-electron chi connectivity index (χ0n) is 17.2. The third kappa shape index (κ3) is 4.38. The number of nitrogens with zero attached hydrogens (tertiary/aromatic N) is 4. The number of hydrogen-bond donors (Lipinski definition) is 1. The molecule has 4 heterocycles. The predicted molar refractivity (Wildman–Crippen MR) is 111 cm³/mol. The van der Waals surface area contributed by atoms with Crippen LogP contribution in [0.3, 0.4) is 0 Å². The van der Waals surface area contributed by atoms with Gasteiger partial charge in [0, 0.05) is 31.1 Å². The lowest BCUT2D eigenvalue weighted by Crippen LogP contribution is -2.50. The summed E-state index contributed by atoms with van der Waals surface area (Å²) in [6.07, 6.45) is 5.06. The molecule has 1 aromatic heterocycles. The topological polar surface area (TPSA) is 92.9 Å². The Morgan fingerprint density at radius 1 is 1.16 bits per heavy atom. The van der Waals surface area contributed by atoms with E-state index in [2.05, 4.69) is 15.5 Å². The molecular weight excluding hydrogens is 401 g/mol. The van der Waals surface area contributed by atoms with Crippen molar-refractivity contribution < 1.29 is 18.4 Å². The Hall–Kier alpha value is -2.65. The summed E-state index contributed by atoms with van der Waals surface area (Å²) in [6, 6.07) is 6.49. The lowest BCUT2D eigenvalue weighted by Gasteiger charge is -2.32. The molecule has 9 heteroatoms. The Bertz CT molecular complexity index is 952. The van der Waals surface area contributed by atoms with Crippen molar-refractivity contribution in [3.8, 4) is 0 Å². The average Bonchev–Trinajstić information content (AvgIpc) is 3.27. The van der Waals surface area contributed by atoms with Gasteiger partial charge in [-0.1, -0.05) is 17.3 Å². The van der Waals surface area contributed by atoms with Gasteiger partial charge in [0.25, 0.3) is 5.91 Å². The van der Waals surface area contributed by atoms with Gasteiger partial charge >= 0.3 is 0 Å². The number of carbonyl (C=O) groups is 1. The molecule has 0 bridgehead atoms. The molecule has 8 nitrogen and oxygen atoms in total. The molecule has 0 saturated carbocycles. The molecule has 3 aliphatic rings. The van der Waals surface area contributed by atoms with Crippen molar-refractivity contribution >= 4 is 12.1 Å². The lowest BCUT2D eigenvalue weighted by molar-refractivity contribution is -0.0106. The third-order valence-corrected chi connectivity index (χ3v) is 6.31. The maximum absolute atomic E-state index is 13.9. The van der Waals surface area contributed by atoms with Gasteiger partial charge in [0.1, 0.15) is 12.0 Å². The quantitative estimate of drug-likeness (QED) is 0.788. The minimum Gasteiger partial charge on any atom is -0.378 e. The number of aliphatic imine (C=N–C) groups is 1. The fourth-order valence-electron chi connectivity index (χ4n) is 4.38. The first kappa shape index (κ1) is 20.3. The van der Waals surface area contributed by atoms with E-state index < -0.39 is 5.82 Å². The van der Waals surface area contributed by atoms with E-state index in [1.54, 1.807) is 17.0 Å². The van der Waals surface area contributed by atoms with Gasteiger partial charge < -0.3 is 14.2 Å². The SMILES string of the molecule is O=C(c1ccccc1F)N1CCC(c2noc(C3CC=NC(NC4COC4)C3)n2)CC1. The summed E-state index contributed by atoms with van der Waals surface area (Å²) in [5.41, 5.74) is 0.124. The molecule has 0 spiro atoms. The lowest BCUT2D eigenvalue weighted by atomic mass is 9.95. The number of piperidine rings is 1. The normalized spacial score (nSPS) is 24.9. The molecule has 1 aromatic carbocycles. The number of nitrogens with one attached hydrogen (secondary N) is 1. The summed E-state index contributed by atoms with van der Waals surface area (Å²) in [7, 11) is 0. The van der Waals surface area contributed by atoms with E-state index in [-0.39, 0.29) is 29.5 Å². The molecule has 31 heavy (non-hydrogen) atoms. The Kier molecular flexibility index (Phi) is 5.78. The number of carbonyl (C=O) groups excluding carboxylic acids is 1. The second-order valence-electron chi connectivity index (χ2n) is 8.45. The molecule has 2 unspecified atom stereocenters. The van der Waals surface area contributed by atoms with Crippen LogP contribution in [0.25, 0.3) is 0 Å². The summed E-state index contributed by atoms with van der Waals surface area (Å²) >= 11 is 0. The van der Waals surface area contributed by atoms with Crippen molar-refractivity contribution in [3.63, 3.8) is 0 Å². The molecular formula is C22H26FN5O3. The van der Waals surface area contributed by atoms with Crippen molar-refractivity contribution in [2.45, 2.75) is 49.7 Å². The van der Waals surface area contributed by atoms with Crippen molar-refractivity contribution in [1.82, 2.24) is 20.4 Å². The number of likely N-dealkylation sites (tertiary alicyclic amines) is 1. The van der Waals surface area contributed by atoms with E-state index in [4.69, 9.17) is 14.2 Å². The molecule has 2 atom stereocenters. The number of amides is 1. The van der Waals surface area contributed by atoms with Gasteiger partial charge in [0.15, 0.2) is 5.82 Å². The zero-order chi connectivity index (χ0) is 21.2. The van der Waals surface area contributed by atoms with E-state index in [1.165, 1.54) is 12.1 Å². The van der Waals surface area contributed by atoms with Crippen molar-refractivity contribution in [3.05, 3.63) is 47.4 Å². The average molecular weight is 427 g/mol. The maximum Gasteiger partial charge on any atom is 0.256 e. The van der Waals surface area contributed by atoms with E-state index in [0.717, 1.165) is 38.9 Å². The molecule has 2 aromatic rings. The standard InChI is InChI=1S/C22H26FN5O3/c23-18-4-2-1-3-17(18)22(29)28-9-6-14(7-10-28)20-26-21(31-27-20)15-5-8-24-19(11-15)25-16-12-30-13-16/h1-4,8,14-16,19,25H,5-7,9-13H2. The van der Waals surface area contributed by atoms with Crippen LogP contribution in [0.4, 0.5) is 4.39 Å². The van der Waals surface area contributed by atoms with Gasteiger partial charge in [-0.25, -0.2) is 4.39 Å². The fourth-order valence-corrected chi connectivity index (χ4v) is 4.38. The second kappa shape index (κ2) is 8.84. The Balaban J connectivity index is 1.17. The monoisotopic (exact) mass is 427 g/mol. The maximum atomic E-state index is 13.9. The van der Waals surface area contributed by atoms with Crippen molar-refractivity contribution in [1.29, 1.82) is 0 Å². The van der Waals surface area contributed by atoms with Crippen LogP contribution in [-0.4, -0.2) is 65.7 Å². The van der Waals surface area contributed by atoms with E-state index in [0.29, 0.717) is 30.8 Å². The van der Waals surface area contributed by atoms with E-state index in [9.17, 15) is 9.18 Å². The second-order valence-corrected chi connectivity index (χ2v) is 8.45. The van der Waals surface area contributed by atoms with Crippen LogP contribution in [0.1, 0.15) is 59.6 Å². The first-order chi connectivity index (χ1) is 15.2. The van der Waals surface area contributed by atoms with E-state index >= 15 is 0 Å². The molecule has 164 valence electrons. The van der Waals surface area contributed by atoms with Crippen LogP contribution in [0.5, 0.6) is 0 Å². The molecule has 2 saturated heterocycles. The van der Waals surface area contributed by atoms with Gasteiger partial charge in [0.2, 0.25) is 5.89 Å². The number of halogens is 1. The van der Waals surface area contributed by atoms with E-state index in [1.807, 2.05) is 6.21 Å². The summed E-state index contributed by atoms with van der Waals surface area (Å²) in [5, 5.41) is 7.72. The minimum absolute atomic E-state index is 0.0515. The van der Waals surface area contributed by atoms with Crippen LogP contribution in [-0.2, 0) is 4.74 Å². The summed E-state index contributed by atoms with van der Waals surface area (Å²) in [5.74, 6) is 0.906. The highest BCUT2D eigenvalue weighted by Crippen LogP contribution is 2.31. The van der Waals surface area contributed by atoms with Gasteiger partial charge in [-0.2, -0.15) is 4.98 Å². The largest absolute Gasteiger partial charge is 0.378 e. The van der Waals surface area contributed by atoms with Gasteiger partial charge in [-0.3, -0.25) is 15.1 Å². The highest BCUT2D eigenvalue weighted by molar-refractivity contribution is 5.94. The highest BCUT2D eigenvalue weighted by atomic mass is 19.1. The Morgan fingerprint density at radius 2 is 1.97 bits per heavy atom. The molecule has 0 radical (unpaired) electrons. The van der Waals surface area contributed by atoms with Crippen molar-refractivity contribution in [2.24, 2.45) is 4.99 Å². The van der Waals surface area contributed by atoms with Gasteiger partial charge in [-0.05, 0) is 37.8 Å². The van der Waals surface area contributed by atoms with Crippen LogP contribution in [0.2, 0.25) is 0 Å². The van der Waals surface area contributed by atoms with Crippen LogP contribution < -0.4 is 5.32 Å². The smallest absolute Gasteiger partial charge is 0.256 e. The number of aromatic nitrogens is 2. The number of hydrogen-bond acceptors (Lipinski definition) is 7. The zero-order valence-corrected chi connectivity index (χ0v) is 17.2.